The van der Waals surface area contributed by atoms with Crippen LogP contribution in [0, 0.1) is 0 Å². The van der Waals surface area contributed by atoms with Gasteiger partial charge in [-0.1, -0.05) is 231 Å². The van der Waals surface area contributed by atoms with Gasteiger partial charge in [0.2, 0.25) is 0 Å². The summed E-state index contributed by atoms with van der Waals surface area (Å²) >= 11 is 0. The van der Waals surface area contributed by atoms with E-state index in [9.17, 15) is 19.4 Å². The van der Waals surface area contributed by atoms with Gasteiger partial charge in [0, 0.05) is 13.0 Å². The van der Waals surface area contributed by atoms with E-state index in [0.29, 0.717) is 6.61 Å². The van der Waals surface area contributed by atoms with E-state index >= 15 is 0 Å². The molecule has 9 nitrogen and oxygen atoms in total. The highest BCUT2D eigenvalue weighted by Crippen LogP contribution is 2.43. The number of aliphatic hydroxyl groups is 2. The molecule has 0 aliphatic carbocycles. The molecular formula is C51H101O9P. The van der Waals surface area contributed by atoms with Crippen LogP contribution in [-0.4, -0.2) is 66.3 Å². The second-order valence-electron chi connectivity index (χ2n) is 17.9. The molecule has 0 aromatic carbocycles. The lowest BCUT2D eigenvalue weighted by molar-refractivity contribution is -0.154. The molecular weight excluding hydrogens is 788 g/mol. The molecule has 0 aliphatic heterocycles. The van der Waals surface area contributed by atoms with Crippen molar-refractivity contribution in [2.24, 2.45) is 0 Å². The van der Waals surface area contributed by atoms with Crippen LogP contribution in [0.2, 0.25) is 0 Å². The van der Waals surface area contributed by atoms with E-state index in [2.05, 4.69) is 26.0 Å². The highest BCUT2D eigenvalue weighted by Gasteiger charge is 2.26. The molecule has 0 rings (SSSR count). The van der Waals surface area contributed by atoms with Crippen molar-refractivity contribution in [1.29, 1.82) is 0 Å². The Hall–Kier alpha value is -0.800. The standard InChI is InChI=1S/C51H101O9P/c1-3-5-7-9-11-13-15-17-19-21-23-24-26-28-30-32-34-36-38-40-42-44-57-47-50(48-59-61(55,56)58-46-49(53)45-52)60-51(54)43-41-39-37-35-33-31-29-27-25-22-20-18-16-14-12-10-8-6-4-2/h18,20,49-50,52-53H,3-17,19,21-48H2,1-2H3,(H,55,56)/b20-18-. The molecule has 0 radical (unpaired) electrons. The van der Waals surface area contributed by atoms with Gasteiger partial charge in [0.05, 0.1) is 26.4 Å². The quantitative estimate of drug-likeness (QED) is 0.0236. The van der Waals surface area contributed by atoms with Crippen LogP contribution in [0.4, 0.5) is 0 Å². The second-order valence-corrected chi connectivity index (χ2v) is 19.4. The number of phosphoric ester groups is 1. The fraction of sp³-hybridized carbons (Fsp3) is 0.941. The number of carbonyl (C=O) groups is 1. The van der Waals surface area contributed by atoms with Crippen molar-refractivity contribution in [3.05, 3.63) is 12.2 Å². The van der Waals surface area contributed by atoms with Crippen LogP contribution in [0.1, 0.15) is 264 Å². The van der Waals surface area contributed by atoms with E-state index in [1.165, 1.54) is 212 Å². The summed E-state index contributed by atoms with van der Waals surface area (Å²) in [5.41, 5.74) is 0. The van der Waals surface area contributed by atoms with Crippen LogP contribution < -0.4 is 0 Å². The van der Waals surface area contributed by atoms with Crippen LogP contribution >= 0.6 is 7.82 Å². The van der Waals surface area contributed by atoms with Crippen molar-refractivity contribution in [1.82, 2.24) is 0 Å². The topological polar surface area (TPSA) is 132 Å². The van der Waals surface area contributed by atoms with Crippen LogP contribution in [-0.2, 0) is 27.9 Å². The third-order valence-electron chi connectivity index (χ3n) is 11.7. The fourth-order valence-corrected chi connectivity index (χ4v) is 8.50. The Balaban J connectivity index is 4.02. The van der Waals surface area contributed by atoms with Gasteiger partial charge in [0.15, 0.2) is 0 Å². The molecule has 3 N–H and O–H groups in total. The summed E-state index contributed by atoms with van der Waals surface area (Å²) < 4.78 is 33.6. The molecule has 0 saturated heterocycles. The first kappa shape index (κ1) is 60.2. The van der Waals surface area contributed by atoms with Gasteiger partial charge in [0.1, 0.15) is 12.2 Å². The molecule has 61 heavy (non-hydrogen) atoms. The van der Waals surface area contributed by atoms with E-state index in [1.807, 2.05) is 0 Å². The zero-order valence-corrected chi connectivity index (χ0v) is 41.1. The molecule has 0 spiro atoms. The molecule has 10 heteroatoms. The van der Waals surface area contributed by atoms with E-state index in [1.54, 1.807) is 0 Å². The lowest BCUT2D eigenvalue weighted by Crippen LogP contribution is -2.29. The number of allylic oxidation sites excluding steroid dienone is 2. The van der Waals surface area contributed by atoms with Crippen LogP contribution in [0.5, 0.6) is 0 Å². The summed E-state index contributed by atoms with van der Waals surface area (Å²) in [6.45, 7) is 3.58. The predicted molar refractivity (Wildman–Crippen MR) is 256 cm³/mol. The Kier molecular flexibility index (Phi) is 48.0. The zero-order chi connectivity index (χ0) is 44.6. The van der Waals surface area contributed by atoms with Crippen LogP contribution in [0.3, 0.4) is 0 Å². The Labute approximate surface area is 377 Å². The first-order valence-electron chi connectivity index (χ1n) is 26.2. The maximum absolute atomic E-state index is 12.7. The SMILES string of the molecule is CCCCCCCC/C=C\CCCCCCCCCCCC(=O)OC(COCCCCCCCCCCCCCCCCCCCCCCC)COP(=O)(O)OCC(O)CO. The molecule has 3 unspecified atom stereocenters. The Bertz CT molecular complexity index is 964. The summed E-state index contributed by atoms with van der Waals surface area (Å²) in [5, 5.41) is 18.4. The molecule has 0 amide bonds. The van der Waals surface area contributed by atoms with E-state index in [4.69, 9.17) is 23.6 Å². The fourth-order valence-electron chi connectivity index (χ4n) is 7.71. The van der Waals surface area contributed by atoms with Crippen molar-refractivity contribution >= 4 is 13.8 Å². The summed E-state index contributed by atoms with van der Waals surface area (Å²) in [4.78, 5) is 22.7. The highest BCUT2D eigenvalue weighted by atomic mass is 31.2. The molecule has 0 aliphatic rings. The first-order chi connectivity index (χ1) is 29.8. The Morgan fingerprint density at radius 1 is 0.492 bits per heavy atom. The number of carbonyl (C=O) groups excluding carboxylic acids is 1. The minimum absolute atomic E-state index is 0.0552. The van der Waals surface area contributed by atoms with Gasteiger partial charge in [-0.05, 0) is 38.5 Å². The van der Waals surface area contributed by atoms with Gasteiger partial charge in [-0.15, -0.1) is 0 Å². The van der Waals surface area contributed by atoms with Crippen molar-refractivity contribution in [3.8, 4) is 0 Å². The normalized spacial score (nSPS) is 13.9. The maximum Gasteiger partial charge on any atom is 0.472 e. The summed E-state index contributed by atoms with van der Waals surface area (Å²) in [5.74, 6) is -0.378. The smallest absolute Gasteiger partial charge is 0.457 e. The predicted octanol–water partition coefficient (Wildman–Crippen LogP) is 15.2. The summed E-state index contributed by atoms with van der Waals surface area (Å²) in [6, 6.07) is 0. The molecule has 0 saturated carbocycles. The van der Waals surface area contributed by atoms with Gasteiger partial charge < -0.3 is 24.6 Å². The minimum Gasteiger partial charge on any atom is -0.457 e. The molecule has 3 atom stereocenters. The van der Waals surface area contributed by atoms with Crippen molar-refractivity contribution in [2.45, 2.75) is 276 Å². The third-order valence-corrected chi connectivity index (χ3v) is 12.7. The number of unbranched alkanes of at least 4 members (excludes halogenated alkanes) is 35. The highest BCUT2D eigenvalue weighted by molar-refractivity contribution is 7.47. The number of ether oxygens (including phenoxy) is 2. The van der Waals surface area contributed by atoms with E-state index in [-0.39, 0.29) is 25.6 Å². The molecule has 0 bridgehead atoms. The number of hydrogen-bond donors (Lipinski definition) is 3. The minimum atomic E-state index is -4.52. The van der Waals surface area contributed by atoms with Gasteiger partial charge in [-0.25, -0.2) is 4.57 Å². The lowest BCUT2D eigenvalue weighted by Gasteiger charge is -2.20. The average molecular weight is 889 g/mol. The van der Waals surface area contributed by atoms with E-state index < -0.39 is 33.2 Å². The maximum atomic E-state index is 12.7. The number of aliphatic hydroxyl groups excluding tert-OH is 2. The molecule has 0 aromatic rings. The number of rotatable bonds is 51. The van der Waals surface area contributed by atoms with E-state index in [0.717, 1.165) is 32.1 Å². The first-order valence-corrected chi connectivity index (χ1v) is 27.7. The van der Waals surface area contributed by atoms with Crippen molar-refractivity contribution in [3.63, 3.8) is 0 Å². The zero-order valence-electron chi connectivity index (χ0n) is 40.2. The van der Waals surface area contributed by atoms with Gasteiger partial charge in [0.25, 0.3) is 0 Å². The van der Waals surface area contributed by atoms with Crippen molar-refractivity contribution in [2.75, 3.05) is 33.0 Å². The Morgan fingerprint density at radius 2 is 0.836 bits per heavy atom. The number of hydrogen-bond acceptors (Lipinski definition) is 8. The monoisotopic (exact) mass is 889 g/mol. The molecule has 0 aromatic heterocycles. The average Bonchev–Trinajstić information content (AvgIpc) is 3.25. The van der Waals surface area contributed by atoms with Gasteiger partial charge in [-0.2, -0.15) is 0 Å². The number of esters is 1. The van der Waals surface area contributed by atoms with Crippen molar-refractivity contribution < 1.29 is 43.0 Å². The van der Waals surface area contributed by atoms with Crippen LogP contribution in [0.15, 0.2) is 12.2 Å². The largest absolute Gasteiger partial charge is 0.472 e. The third kappa shape index (κ3) is 48.5. The molecule has 364 valence electrons. The van der Waals surface area contributed by atoms with Gasteiger partial charge >= 0.3 is 13.8 Å². The lowest BCUT2D eigenvalue weighted by atomic mass is 10.0. The Morgan fingerprint density at radius 3 is 1.23 bits per heavy atom. The van der Waals surface area contributed by atoms with Gasteiger partial charge in [-0.3, -0.25) is 13.8 Å². The summed E-state index contributed by atoms with van der Waals surface area (Å²) in [6.07, 6.45) is 51.8. The van der Waals surface area contributed by atoms with Crippen LogP contribution in [0.25, 0.3) is 0 Å². The summed E-state index contributed by atoms with van der Waals surface area (Å²) in [7, 11) is -4.52. The number of phosphoric acid groups is 1. The molecule has 0 heterocycles. The molecule has 0 fully saturated rings. The second kappa shape index (κ2) is 48.7.